The van der Waals surface area contributed by atoms with E-state index in [9.17, 15) is 4.79 Å². The first-order chi connectivity index (χ1) is 12.2. The molecule has 4 rings (SSSR count). The normalized spacial score (nSPS) is 20.4. The predicted molar refractivity (Wildman–Crippen MR) is 96.5 cm³/mol. The molecule has 0 unspecified atom stereocenters. The summed E-state index contributed by atoms with van der Waals surface area (Å²) in [5.41, 5.74) is 3.75. The second-order valence-electron chi connectivity index (χ2n) is 6.99. The number of fused-ring (bicyclic) bond motifs is 1. The first-order valence-electron chi connectivity index (χ1n) is 9.22. The SMILES string of the molecule is C[C@@H](Oc1ccc2c(c1)CCC2)C(=O)N1CCC[C@H]1c1ccccn1. The third-order valence-electron chi connectivity index (χ3n) is 5.30. The number of aromatic nitrogens is 1. The van der Waals surface area contributed by atoms with Gasteiger partial charge in [-0.15, -0.1) is 0 Å². The van der Waals surface area contributed by atoms with E-state index in [-0.39, 0.29) is 11.9 Å². The molecule has 0 bridgehead atoms. The number of amides is 1. The van der Waals surface area contributed by atoms with Crippen molar-refractivity contribution in [1.29, 1.82) is 0 Å². The largest absolute Gasteiger partial charge is 0.481 e. The number of hydrogen-bond donors (Lipinski definition) is 0. The molecule has 1 aliphatic carbocycles. The molecule has 25 heavy (non-hydrogen) atoms. The Labute approximate surface area is 148 Å². The summed E-state index contributed by atoms with van der Waals surface area (Å²) in [5.74, 6) is 0.851. The minimum atomic E-state index is -0.483. The van der Waals surface area contributed by atoms with Crippen LogP contribution in [0.15, 0.2) is 42.6 Å². The summed E-state index contributed by atoms with van der Waals surface area (Å²) < 4.78 is 5.99. The van der Waals surface area contributed by atoms with Crippen LogP contribution in [0.4, 0.5) is 0 Å². The second kappa shape index (κ2) is 6.87. The highest BCUT2D eigenvalue weighted by molar-refractivity contribution is 5.81. The molecular weight excluding hydrogens is 312 g/mol. The third-order valence-corrected chi connectivity index (χ3v) is 5.30. The zero-order valence-corrected chi connectivity index (χ0v) is 14.6. The number of carbonyl (C=O) groups excluding carboxylic acids is 1. The molecule has 0 spiro atoms. The molecule has 1 saturated heterocycles. The summed E-state index contributed by atoms with van der Waals surface area (Å²) in [6.45, 7) is 2.63. The van der Waals surface area contributed by atoms with Crippen molar-refractivity contribution < 1.29 is 9.53 Å². The van der Waals surface area contributed by atoms with Crippen molar-refractivity contribution in [3.05, 3.63) is 59.4 Å². The van der Waals surface area contributed by atoms with Gasteiger partial charge in [0.1, 0.15) is 5.75 Å². The maximum absolute atomic E-state index is 12.9. The number of likely N-dealkylation sites (tertiary alicyclic amines) is 1. The Bertz CT molecular complexity index is 760. The molecule has 130 valence electrons. The van der Waals surface area contributed by atoms with Crippen LogP contribution in [0.2, 0.25) is 0 Å². The molecule has 1 aromatic carbocycles. The van der Waals surface area contributed by atoms with Gasteiger partial charge in [0.2, 0.25) is 0 Å². The maximum Gasteiger partial charge on any atom is 0.263 e. The molecule has 2 atom stereocenters. The first kappa shape index (κ1) is 16.1. The average molecular weight is 336 g/mol. The van der Waals surface area contributed by atoms with Crippen molar-refractivity contribution in [2.24, 2.45) is 0 Å². The Balaban J connectivity index is 1.46. The lowest BCUT2D eigenvalue weighted by atomic mass is 10.1. The molecule has 1 aromatic heterocycles. The van der Waals surface area contributed by atoms with E-state index < -0.39 is 6.10 Å². The standard InChI is InChI=1S/C21H24N2O2/c1-15(25-18-11-10-16-6-4-7-17(16)14-18)21(24)23-13-5-9-20(23)19-8-2-3-12-22-19/h2-3,8,10-12,14-15,20H,4-7,9,13H2,1H3/t15-,20+/m1/s1. The van der Waals surface area contributed by atoms with Gasteiger partial charge in [-0.2, -0.15) is 0 Å². The van der Waals surface area contributed by atoms with Crippen LogP contribution in [0.5, 0.6) is 5.75 Å². The maximum atomic E-state index is 12.9. The Morgan fingerprint density at radius 1 is 1.20 bits per heavy atom. The van der Waals surface area contributed by atoms with Crippen LogP contribution in [-0.2, 0) is 17.6 Å². The molecule has 2 aliphatic rings. The van der Waals surface area contributed by atoms with Gasteiger partial charge in [0.15, 0.2) is 6.10 Å². The van der Waals surface area contributed by atoms with Crippen molar-refractivity contribution in [1.82, 2.24) is 9.88 Å². The first-order valence-corrected chi connectivity index (χ1v) is 9.22. The highest BCUT2D eigenvalue weighted by Gasteiger charge is 2.34. The van der Waals surface area contributed by atoms with Crippen molar-refractivity contribution in [3.8, 4) is 5.75 Å². The van der Waals surface area contributed by atoms with Gasteiger partial charge in [-0.25, -0.2) is 0 Å². The Hall–Kier alpha value is -2.36. The van der Waals surface area contributed by atoms with E-state index in [1.54, 1.807) is 6.20 Å². The van der Waals surface area contributed by atoms with Crippen molar-refractivity contribution in [3.63, 3.8) is 0 Å². The summed E-state index contributed by atoms with van der Waals surface area (Å²) in [4.78, 5) is 19.3. The second-order valence-corrected chi connectivity index (χ2v) is 6.99. The van der Waals surface area contributed by atoms with Crippen LogP contribution in [-0.4, -0.2) is 28.4 Å². The van der Waals surface area contributed by atoms with Gasteiger partial charge in [-0.3, -0.25) is 9.78 Å². The van der Waals surface area contributed by atoms with Gasteiger partial charge < -0.3 is 9.64 Å². The number of carbonyl (C=O) groups is 1. The number of aryl methyl sites for hydroxylation is 2. The molecule has 4 nitrogen and oxygen atoms in total. The van der Waals surface area contributed by atoms with Crippen molar-refractivity contribution >= 4 is 5.91 Å². The number of hydrogen-bond acceptors (Lipinski definition) is 3. The Morgan fingerprint density at radius 3 is 2.92 bits per heavy atom. The molecular formula is C21H24N2O2. The topological polar surface area (TPSA) is 42.4 Å². The van der Waals surface area contributed by atoms with E-state index in [4.69, 9.17) is 4.74 Å². The summed E-state index contributed by atoms with van der Waals surface area (Å²) in [6, 6.07) is 12.2. The number of ether oxygens (including phenoxy) is 1. The van der Waals surface area contributed by atoms with Gasteiger partial charge in [0.25, 0.3) is 5.91 Å². The number of rotatable bonds is 4. The fourth-order valence-electron chi connectivity index (χ4n) is 4.02. The molecule has 1 aliphatic heterocycles. The summed E-state index contributed by atoms with van der Waals surface area (Å²) in [6.07, 6.45) is 6.77. The molecule has 2 heterocycles. The van der Waals surface area contributed by atoms with Crippen LogP contribution in [0.1, 0.15) is 49.0 Å². The van der Waals surface area contributed by atoms with Crippen LogP contribution in [0, 0.1) is 0 Å². The van der Waals surface area contributed by atoms with Crippen LogP contribution >= 0.6 is 0 Å². The fourth-order valence-corrected chi connectivity index (χ4v) is 4.02. The third kappa shape index (κ3) is 3.26. The molecule has 2 aromatic rings. The molecule has 1 fully saturated rings. The average Bonchev–Trinajstić information content (AvgIpc) is 3.30. The van der Waals surface area contributed by atoms with Crippen molar-refractivity contribution in [2.75, 3.05) is 6.54 Å². The van der Waals surface area contributed by atoms with E-state index >= 15 is 0 Å². The molecule has 0 N–H and O–H groups in total. The smallest absolute Gasteiger partial charge is 0.263 e. The van der Waals surface area contributed by atoms with E-state index in [2.05, 4.69) is 17.1 Å². The van der Waals surface area contributed by atoms with Crippen molar-refractivity contribution in [2.45, 2.75) is 51.2 Å². The molecule has 1 amide bonds. The quantitative estimate of drug-likeness (QED) is 0.855. The highest BCUT2D eigenvalue weighted by atomic mass is 16.5. The number of pyridine rings is 1. The molecule has 0 radical (unpaired) electrons. The van der Waals surface area contributed by atoms with Crippen LogP contribution in [0.3, 0.4) is 0 Å². The van der Waals surface area contributed by atoms with Gasteiger partial charge in [0.05, 0.1) is 11.7 Å². The summed E-state index contributed by atoms with van der Waals surface area (Å²) in [7, 11) is 0. The minimum Gasteiger partial charge on any atom is -0.481 e. The minimum absolute atomic E-state index is 0.0497. The molecule has 4 heteroatoms. The summed E-state index contributed by atoms with van der Waals surface area (Å²) in [5, 5.41) is 0. The fraction of sp³-hybridized carbons (Fsp3) is 0.429. The lowest BCUT2D eigenvalue weighted by Gasteiger charge is -2.27. The van der Waals surface area contributed by atoms with E-state index in [0.717, 1.165) is 43.7 Å². The van der Waals surface area contributed by atoms with E-state index in [1.807, 2.05) is 36.1 Å². The van der Waals surface area contributed by atoms with Gasteiger partial charge in [-0.1, -0.05) is 12.1 Å². The monoisotopic (exact) mass is 336 g/mol. The Kier molecular flexibility index (Phi) is 4.43. The van der Waals surface area contributed by atoms with Gasteiger partial charge >= 0.3 is 0 Å². The highest BCUT2D eigenvalue weighted by Crippen LogP contribution is 2.32. The number of benzene rings is 1. The zero-order valence-electron chi connectivity index (χ0n) is 14.6. The van der Waals surface area contributed by atoms with Crippen LogP contribution < -0.4 is 4.74 Å². The molecule has 0 saturated carbocycles. The van der Waals surface area contributed by atoms with Crippen LogP contribution in [0.25, 0.3) is 0 Å². The van der Waals surface area contributed by atoms with Gasteiger partial charge in [-0.05, 0) is 74.4 Å². The van der Waals surface area contributed by atoms with E-state index in [0.29, 0.717) is 0 Å². The summed E-state index contributed by atoms with van der Waals surface area (Å²) >= 11 is 0. The van der Waals surface area contributed by atoms with E-state index in [1.165, 1.54) is 17.5 Å². The zero-order chi connectivity index (χ0) is 17.2. The number of nitrogens with zero attached hydrogens (tertiary/aromatic N) is 2. The lowest BCUT2D eigenvalue weighted by molar-refractivity contribution is -0.139. The Morgan fingerprint density at radius 2 is 2.08 bits per heavy atom. The predicted octanol–water partition coefficient (Wildman–Crippen LogP) is 3.70. The lowest BCUT2D eigenvalue weighted by Crippen LogP contribution is -2.40. The van der Waals surface area contributed by atoms with Gasteiger partial charge in [0, 0.05) is 12.7 Å².